The van der Waals surface area contributed by atoms with Gasteiger partial charge in [-0.1, -0.05) is 18.2 Å². The number of rotatable bonds is 5. The highest BCUT2D eigenvalue weighted by atomic mass is 35.5. The normalized spacial score (nSPS) is 11.4. The molecule has 2 rings (SSSR count). The van der Waals surface area contributed by atoms with Gasteiger partial charge in [-0.3, -0.25) is 4.79 Å². The molecule has 20 heavy (non-hydrogen) atoms. The van der Waals surface area contributed by atoms with E-state index in [2.05, 4.69) is 15.5 Å². The van der Waals surface area contributed by atoms with Crippen molar-refractivity contribution in [1.82, 2.24) is 25.1 Å². The summed E-state index contributed by atoms with van der Waals surface area (Å²) >= 11 is 5.66. The third-order valence-electron chi connectivity index (χ3n) is 2.52. The molecule has 0 saturated heterocycles. The SMILES string of the molecule is CN(C)C=C(C(=O)CCl)c1nnnn1-c1ccccc1. The maximum Gasteiger partial charge on any atom is 0.192 e. The summed E-state index contributed by atoms with van der Waals surface area (Å²) in [6.07, 6.45) is 1.66. The Morgan fingerprint density at radius 3 is 2.65 bits per heavy atom. The third kappa shape index (κ3) is 3.03. The minimum absolute atomic E-state index is 0.124. The van der Waals surface area contributed by atoms with Crippen molar-refractivity contribution in [3.63, 3.8) is 0 Å². The molecule has 0 aliphatic carbocycles. The second kappa shape index (κ2) is 6.29. The van der Waals surface area contributed by atoms with E-state index in [1.54, 1.807) is 11.1 Å². The minimum Gasteiger partial charge on any atom is -0.383 e. The van der Waals surface area contributed by atoms with Crippen LogP contribution in [-0.2, 0) is 4.79 Å². The molecule has 2 aromatic rings. The second-order valence-corrected chi connectivity index (χ2v) is 4.58. The fraction of sp³-hybridized carbons (Fsp3) is 0.231. The maximum atomic E-state index is 12.0. The molecule has 6 nitrogen and oxygen atoms in total. The van der Waals surface area contributed by atoms with Crippen molar-refractivity contribution in [2.75, 3.05) is 20.0 Å². The van der Waals surface area contributed by atoms with Crippen LogP contribution in [0.5, 0.6) is 0 Å². The molecule has 0 radical (unpaired) electrons. The lowest BCUT2D eigenvalue weighted by Crippen LogP contribution is -2.14. The summed E-state index contributed by atoms with van der Waals surface area (Å²) in [5.74, 6) is 0.0179. The quantitative estimate of drug-likeness (QED) is 0.615. The van der Waals surface area contributed by atoms with Crippen molar-refractivity contribution in [3.05, 3.63) is 42.4 Å². The Kier molecular flexibility index (Phi) is 4.47. The molecular weight excluding hydrogens is 278 g/mol. The van der Waals surface area contributed by atoms with Gasteiger partial charge in [0.15, 0.2) is 11.6 Å². The largest absolute Gasteiger partial charge is 0.383 e. The molecule has 0 unspecified atom stereocenters. The summed E-state index contributed by atoms with van der Waals surface area (Å²) in [5, 5.41) is 11.5. The van der Waals surface area contributed by atoms with Crippen LogP contribution in [0, 0.1) is 0 Å². The number of allylic oxidation sites excluding steroid dienone is 1. The van der Waals surface area contributed by atoms with Crippen LogP contribution in [0.3, 0.4) is 0 Å². The van der Waals surface area contributed by atoms with Crippen molar-refractivity contribution in [1.29, 1.82) is 0 Å². The lowest BCUT2D eigenvalue weighted by molar-refractivity contribution is -0.111. The summed E-state index contributed by atoms with van der Waals surface area (Å²) < 4.78 is 1.51. The average Bonchev–Trinajstić information content (AvgIpc) is 2.93. The van der Waals surface area contributed by atoms with E-state index in [4.69, 9.17) is 11.6 Å². The van der Waals surface area contributed by atoms with E-state index in [1.807, 2.05) is 44.4 Å². The predicted molar refractivity (Wildman–Crippen MR) is 76.5 cm³/mol. The first-order valence-corrected chi connectivity index (χ1v) is 6.48. The maximum absolute atomic E-state index is 12.0. The van der Waals surface area contributed by atoms with Crippen LogP contribution in [0.1, 0.15) is 5.82 Å². The molecule has 1 aromatic carbocycles. The van der Waals surface area contributed by atoms with Crippen molar-refractivity contribution in [2.45, 2.75) is 0 Å². The van der Waals surface area contributed by atoms with E-state index in [-0.39, 0.29) is 11.7 Å². The van der Waals surface area contributed by atoms with E-state index in [9.17, 15) is 4.79 Å². The van der Waals surface area contributed by atoms with E-state index >= 15 is 0 Å². The number of hydrogen-bond acceptors (Lipinski definition) is 5. The summed E-state index contributed by atoms with van der Waals surface area (Å²) in [6.45, 7) is 0. The first-order chi connectivity index (χ1) is 9.63. The van der Waals surface area contributed by atoms with Crippen LogP contribution in [0.15, 0.2) is 36.5 Å². The summed E-state index contributed by atoms with van der Waals surface area (Å²) in [5.41, 5.74) is 1.15. The molecule has 0 spiro atoms. The molecule has 0 N–H and O–H groups in total. The van der Waals surface area contributed by atoms with Crippen LogP contribution in [0.4, 0.5) is 0 Å². The molecule has 0 fully saturated rings. The smallest absolute Gasteiger partial charge is 0.192 e. The van der Waals surface area contributed by atoms with Gasteiger partial charge in [-0.05, 0) is 22.6 Å². The van der Waals surface area contributed by atoms with Gasteiger partial charge < -0.3 is 4.90 Å². The number of carbonyl (C=O) groups is 1. The molecule has 0 bridgehead atoms. The van der Waals surface area contributed by atoms with Gasteiger partial charge >= 0.3 is 0 Å². The minimum atomic E-state index is -0.229. The fourth-order valence-corrected chi connectivity index (χ4v) is 1.83. The number of benzene rings is 1. The molecule has 1 heterocycles. The number of ketones is 1. The van der Waals surface area contributed by atoms with Gasteiger partial charge in [0.25, 0.3) is 0 Å². The van der Waals surface area contributed by atoms with Crippen LogP contribution in [0.2, 0.25) is 0 Å². The molecular formula is C13H14ClN5O. The zero-order valence-corrected chi connectivity index (χ0v) is 11.9. The van der Waals surface area contributed by atoms with Crippen molar-refractivity contribution < 1.29 is 4.79 Å². The molecule has 0 aliphatic rings. The summed E-state index contributed by atoms with van der Waals surface area (Å²) in [6, 6.07) is 9.36. The molecule has 1 aromatic heterocycles. The number of tetrazole rings is 1. The van der Waals surface area contributed by atoms with Crippen molar-refractivity contribution in [2.24, 2.45) is 0 Å². The third-order valence-corrected chi connectivity index (χ3v) is 2.76. The summed E-state index contributed by atoms with van der Waals surface area (Å²) in [7, 11) is 3.64. The molecule has 104 valence electrons. The number of aromatic nitrogens is 4. The highest BCUT2D eigenvalue weighted by Crippen LogP contribution is 2.17. The number of para-hydroxylation sites is 1. The molecule has 7 heteroatoms. The number of hydrogen-bond donors (Lipinski definition) is 0. The van der Waals surface area contributed by atoms with Gasteiger partial charge in [-0.2, -0.15) is 4.68 Å². The zero-order valence-electron chi connectivity index (χ0n) is 11.2. The van der Waals surface area contributed by atoms with Crippen LogP contribution in [-0.4, -0.2) is 50.9 Å². The van der Waals surface area contributed by atoms with Gasteiger partial charge in [0.1, 0.15) is 0 Å². The van der Waals surface area contributed by atoms with Gasteiger partial charge in [-0.15, -0.1) is 16.7 Å². The first kappa shape index (κ1) is 14.2. The highest BCUT2D eigenvalue weighted by Gasteiger charge is 2.19. The number of nitrogens with zero attached hydrogens (tertiary/aromatic N) is 5. The van der Waals surface area contributed by atoms with Gasteiger partial charge in [0.2, 0.25) is 0 Å². The monoisotopic (exact) mass is 291 g/mol. The van der Waals surface area contributed by atoms with Crippen LogP contribution >= 0.6 is 11.6 Å². The van der Waals surface area contributed by atoms with E-state index < -0.39 is 0 Å². The standard InChI is InChI=1S/C13H14ClN5O/c1-18(2)9-11(12(20)8-14)13-15-16-17-19(13)10-6-4-3-5-7-10/h3-7,9H,8H2,1-2H3. The number of carbonyl (C=O) groups excluding carboxylic acids is 1. The molecule has 0 atom stereocenters. The molecule has 0 saturated carbocycles. The number of halogens is 1. The van der Waals surface area contributed by atoms with Gasteiger partial charge in [0, 0.05) is 20.3 Å². The zero-order chi connectivity index (χ0) is 14.5. The Hall–Kier alpha value is -2.21. The Balaban J connectivity index is 2.52. The van der Waals surface area contributed by atoms with Gasteiger partial charge in [0.05, 0.1) is 17.1 Å². The van der Waals surface area contributed by atoms with Crippen LogP contribution in [0.25, 0.3) is 11.3 Å². The molecule has 0 aliphatic heterocycles. The highest BCUT2D eigenvalue weighted by molar-refractivity contribution is 6.37. The van der Waals surface area contributed by atoms with E-state index in [0.29, 0.717) is 11.4 Å². The van der Waals surface area contributed by atoms with Gasteiger partial charge in [-0.25, -0.2) is 0 Å². The topological polar surface area (TPSA) is 63.9 Å². The number of Topliss-reactive ketones (excluding diaryl/α,β-unsaturated/α-hetero) is 1. The Morgan fingerprint density at radius 2 is 2.05 bits per heavy atom. The predicted octanol–water partition coefficient (Wildman–Crippen LogP) is 1.37. The van der Waals surface area contributed by atoms with Crippen LogP contribution < -0.4 is 0 Å². The van der Waals surface area contributed by atoms with E-state index in [1.165, 1.54) is 4.68 Å². The average molecular weight is 292 g/mol. The van der Waals surface area contributed by atoms with Crippen molar-refractivity contribution >= 4 is 23.0 Å². The van der Waals surface area contributed by atoms with Crippen molar-refractivity contribution in [3.8, 4) is 5.69 Å². The van der Waals surface area contributed by atoms with E-state index in [0.717, 1.165) is 5.69 Å². The Labute approximate surface area is 121 Å². The summed E-state index contributed by atoms with van der Waals surface area (Å²) in [4.78, 5) is 13.7. The lowest BCUT2D eigenvalue weighted by Gasteiger charge is -2.10. The Morgan fingerprint density at radius 1 is 1.35 bits per heavy atom. The first-order valence-electron chi connectivity index (χ1n) is 5.95. The fourth-order valence-electron chi connectivity index (χ4n) is 1.68. The number of alkyl halides is 1. The Bertz CT molecular complexity index is 621. The second-order valence-electron chi connectivity index (χ2n) is 4.31. The lowest BCUT2D eigenvalue weighted by atomic mass is 10.2. The molecule has 0 amide bonds.